The Morgan fingerprint density at radius 3 is 2.23 bits per heavy atom. The number of halogens is 3. The van der Waals surface area contributed by atoms with Gasteiger partial charge in [0.1, 0.15) is 11.6 Å². The van der Waals surface area contributed by atoms with E-state index in [1.54, 1.807) is 6.92 Å². The molecule has 0 aliphatic rings. The van der Waals surface area contributed by atoms with Crippen molar-refractivity contribution >= 4 is 15.9 Å². The number of nitrogens with two attached hydrogens (primary N) is 1. The summed E-state index contributed by atoms with van der Waals surface area (Å²) in [5.74, 6) is -1.10. The average molecular weight is 250 g/mol. The normalized spacial score (nSPS) is 13.0. The number of hydrogen-bond acceptors (Lipinski definition) is 1. The van der Waals surface area contributed by atoms with E-state index in [2.05, 4.69) is 15.9 Å². The maximum Gasteiger partial charge on any atom is 0.130 e. The molecule has 0 bridgehead atoms. The third-order valence-electron chi connectivity index (χ3n) is 1.63. The molecule has 1 rings (SSSR count). The number of hydrogen-bond donors (Lipinski definition) is 1. The lowest BCUT2D eigenvalue weighted by molar-refractivity contribution is 0.541. The molecule has 13 heavy (non-hydrogen) atoms. The van der Waals surface area contributed by atoms with Crippen LogP contribution in [0.2, 0.25) is 0 Å². The first kappa shape index (κ1) is 10.6. The van der Waals surface area contributed by atoms with Crippen LogP contribution in [0.4, 0.5) is 8.78 Å². The molecule has 1 nitrogen and oxygen atoms in total. The molecule has 0 spiro atoms. The Morgan fingerprint density at radius 1 is 1.38 bits per heavy atom. The second-order valence-electron chi connectivity index (χ2n) is 3.03. The zero-order chi connectivity index (χ0) is 10.0. The van der Waals surface area contributed by atoms with Crippen LogP contribution in [0.5, 0.6) is 0 Å². The van der Waals surface area contributed by atoms with Gasteiger partial charge in [-0.25, -0.2) is 8.78 Å². The van der Waals surface area contributed by atoms with Crippen LogP contribution in [0.15, 0.2) is 16.6 Å². The molecule has 2 N–H and O–H groups in total. The summed E-state index contributed by atoms with van der Waals surface area (Å²) in [7, 11) is 0. The van der Waals surface area contributed by atoms with Crippen LogP contribution in [0.25, 0.3) is 0 Å². The quantitative estimate of drug-likeness (QED) is 0.857. The highest BCUT2D eigenvalue weighted by Gasteiger charge is 2.11. The van der Waals surface area contributed by atoms with Crippen molar-refractivity contribution in [2.24, 2.45) is 5.73 Å². The Labute approximate surface area is 84.1 Å². The first-order valence-corrected chi connectivity index (χ1v) is 4.69. The molecule has 0 saturated heterocycles. The molecule has 0 saturated carbocycles. The van der Waals surface area contributed by atoms with Crippen molar-refractivity contribution in [3.8, 4) is 0 Å². The lowest BCUT2D eigenvalue weighted by atomic mass is 10.1. The summed E-state index contributed by atoms with van der Waals surface area (Å²) in [5.41, 5.74) is 5.51. The van der Waals surface area contributed by atoms with E-state index in [0.717, 1.165) is 0 Å². The van der Waals surface area contributed by atoms with Gasteiger partial charge in [-0.05, 0) is 25.5 Å². The molecular formula is C9H10BrF2N. The molecule has 0 amide bonds. The summed E-state index contributed by atoms with van der Waals surface area (Å²) in [6, 6.07) is 2.23. The third kappa shape index (κ3) is 2.74. The van der Waals surface area contributed by atoms with Gasteiger partial charge in [0, 0.05) is 16.1 Å². The highest BCUT2D eigenvalue weighted by molar-refractivity contribution is 9.10. The highest BCUT2D eigenvalue weighted by atomic mass is 79.9. The molecule has 72 valence electrons. The summed E-state index contributed by atoms with van der Waals surface area (Å²) >= 11 is 3.00. The Kier molecular flexibility index (Phi) is 3.39. The minimum Gasteiger partial charge on any atom is -0.328 e. The number of benzene rings is 1. The van der Waals surface area contributed by atoms with Crippen molar-refractivity contribution in [2.75, 3.05) is 0 Å². The lowest BCUT2D eigenvalue weighted by Gasteiger charge is -2.07. The first-order chi connectivity index (χ1) is 6.00. The van der Waals surface area contributed by atoms with E-state index in [9.17, 15) is 8.78 Å². The van der Waals surface area contributed by atoms with E-state index < -0.39 is 11.6 Å². The fourth-order valence-corrected chi connectivity index (χ4v) is 1.49. The molecule has 0 aliphatic carbocycles. The van der Waals surface area contributed by atoms with E-state index in [4.69, 9.17) is 5.73 Å². The Bertz CT molecular complexity index is 289. The van der Waals surface area contributed by atoms with Gasteiger partial charge in [-0.2, -0.15) is 0 Å². The van der Waals surface area contributed by atoms with Crippen LogP contribution < -0.4 is 5.73 Å². The lowest BCUT2D eigenvalue weighted by Crippen LogP contribution is -2.19. The summed E-state index contributed by atoms with van der Waals surface area (Å²) in [4.78, 5) is 0. The molecule has 0 radical (unpaired) electrons. The molecule has 0 fully saturated rings. The van der Waals surface area contributed by atoms with Gasteiger partial charge in [0.25, 0.3) is 0 Å². The van der Waals surface area contributed by atoms with Crippen molar-refractivity contribution in [3.63, 3.8) is 0 Å². The number of rotatable bonds is 2. The summed E-state index contributed by atoms with van der Waals surface area (Å²) < 4.78 is 26.7. The molecule has 1 aromatic rings. The Balaban J connectivity index is 3.06. The summed E-state index contributed by atoms with van der Waals surface area (Å²) in [5, 5.41) is 0. The van der Waals surface area contributed by atoms with Gasteiger partial charge in [0.2, 0.25) is 0 Å². The van der Waals surface area contributed by atoms with Crippen LogP contribution in [-0.2, 0) is 6.42 Å². The molecule has 1 unspecified atom stereocenters. The van der Waals surface area contributed by atoms with Crippen LogP contribution in [0, 0.1) is 11.6 Å². The second kappa shape index (κ2) is 4.15. The summed E-state index contributed by atoms with van der Waals surface area (Å²) in [6.45, 7) is 1.71. The van der Waals surface area contributed by atoms with Gasteiger partial charge in [-0.1, -0.05) is 15.9 Å². The third-order valence-corrected chi connectivity index (χ3v) is 2.09. The topological polar surface area (TPSA) is 26.0 Å². The monoisotopic (exact) mass is 249 g/mol. The van der Waals surface area contributed by atoms with Gasteiger partial charge in [0.05, 0.1) is 0 Å². The van der Waals surface area contributed by atoms with Crippen molar-refractivity contribution in [1.29, 1.82) is 0 Å². The molecule has 1 aromatic carbocycles. The molecule has 1 atom stereocenters. The van der Waals surface area contributed by atoms with E-state index >= 15 is 0 Å². The standard InChI is InChI=1S/C9H10BrF2N/c1-5(13)2-7-8(11)3-6(10)4-9(7)12/h3-5H,2,13H2,1H3. The smallest absolute Gasteiger partial charge is 0.130 e. The van der Waals surface area contributed by atoms with E-state index in [-0.39, 0.29) is 18.0 Å². The van der Waals surface area contributed by atoms with Crippen molar-refractivity contribution in [2.45, 2.75) is 19.4 Å². The largest absolute Gasteiger partial charge is 0.328 e. The predicted molar refractivity (Wildman–Crippen MR) is 51.4 cm³/mol. The van der Waals surface area contributed by atoms with Crippen LogP contribution in [-0.4, -0.2) is 6.04 Å². The van der Waals surface area contributed by atoms with Crippen molar-refractivity contribution < 1.29 is 8.78 Å². The molecule has 0 heterocycles. The van der Waals surface area contributed by atoms with E-state index in [1.165, 1.54) is 12.1 Å². The second-order valence-corrected chi connectivity index (χ2v) is 3.95. The van der Waals surface area contributed by atoms with Gasteiger partial charge in [0.15, 0.2) is 0 Å². The zero-order valence-corrected chi connectivity index (χ0v) is 8.74. The van der Waals surface area contributed by atoms with Crippen molar-refractivity contribution in [3.05, 3.63) is 33.8 Å². The molecule has 0 aromatic heterocycles. The van der Waals surface area contributed by atoms with Gasteiger partial charge in [-0.15, -0.1) is 0 Å². The SMILES string of the molecule is CC(N)Cc1c(F)cc(Br)cc1F. The Hall–Kier alpha value is -0.480. The fourth-order valence-electron chi connectivity index (χ4n) is 1.09. The van der Waals surface area contributed by atoms with Crippen LogP contribution in [0.3, 0.4) is 0 Å². The zero-order valence-electron chi connectivity index (χ0n) is 7.15. The van der Waals surface area contributed by atoms with Gasteiger partial charge in [-0.3, -0.25) is 0 Å². The Morgan fingerprint density at radius 2 is 1.85 bits per heavy atom. The van der Waals surface area contributed by atoms with E-state index in [1.807, 2.05) is 0 Å². The minimum absolute atomic E-state index is 0.0539. The summed E-state index contributed by atoms with van der Waals surface area (Å²) in [6.07, 6.45) is 0.213. The van der Waals surface area contributed by atoms with Crippen molar-refractivity contribution in [1.82, 2.24) is 0 Å². The predicted octanol–water partition coefficient (Wildman–Crippen LogP) is 2.62. The molecule has 0 aliphatic heterocycles. The molecular weight excluding hydrogens is 240 g/mol. The molecule has 4 heteroatoms. The van der Waals surface area contributed by atoms with Gasteiger partial charge < -0.3 is 5.73 Å². The maximum atomic E-state index is 13.1. The van der Waals surface area contributed by atoms with Crippen LogP contribution in [0.1, 0.15) is 12.5 Å². The fraction of sp³-hybridized carbons (Fsp3) is 0.333. The highest BCUT2D eigenvalue weighted by Crippen LogP contribution is 2.20. The maximum absolute atomic E-state index is 13.1. The first-order valence-electron chi connectivity index (χ1n) is 3.89. The van der Waals surface area contributed by atoms with Gasteiger partial charge >= 0.3 is 0 Å². The minimum atomic E-state index is -0.552. The van der Waals surface area contributed by atoms with E-state index in [0.29, 0.717) is 4.47 Å². The van der Waals surface area contributed by atoms with Crippen LogP contribution >= 0.6 is 15.9 Å². The average Bonchev–Trinajstić information content (AvgIpc) is 1.96.